The Balaban J connectivity index is 2.15. The lowest BCUT2D eigenvalue weighted by molar-refractivity contribution is 0.757. The number of nitrogen functional groups attached to an aromatic ring is 1. The van der Waals surface area contributed by atoms with Gasteiger partial charge >= 0.3 is 0 Å². The molecule has 0 atom stereocenters. The normalized spacial score (nSPS) is 11.1. The van der Waals surface area contributed by atoms with Crippen LogP contribution in [0.4, 0.5) is 5.13 Å². The van der Waals surface area contributed by atoms with Gasteiger partial charge < -0.3 is 5.73 Å². The van der Waals surface area contributed by atoms with Gasteiger partial charge in [0.1, 0.15) is 5.15 Å². The predicted octanol–water partition coefficient (Wildman–Crippen LogP) is 3.02. The highest BCUT2D eigenvalue weighted by molar-refractivity contribution is 8.00. The van der Waals surface area contributed by atoms with Gasteiger partial charge in [0.15, 0.2) is 5.13 Å². The van der Waals surface area contributed by atoms with E-state index in [1.54, 1.807) is 16.4 Å². The zero-order valence-electron chi connectivity index (χ0n) is 9.82. The first-order valence-electron chi connectivity index (χ1n) is 5.02. The Morgan fingerprint density at radius 3 is 2.59 bits per heavy atom. The molecule has 2 N–H and O–H groups in total. The van der Waals surface area contributed by atoms with Gasteiger partial charge in [-0.3, -0.25) is 4.68 Å². The Kier molecular flexibility index (Phi) is 3.65. The molecule has 0 aromatic carbocycles. The summed E-state index contributed by atoms with van der Waals surface area (Å²) in [7, 11) is 1.85. The van der Waals surface area contributed by atoms with Crippen LogP contribution in [-0.2, 0) is 12.8 Å². The predicted molar refractivity (Wildman–Crippen MR) is 73.8 cm³/mol. The van der Waals surface area contributed by atoms with E-state index in [4.69, 9.17) is 17.3 Å². The number of halogens is 1. The second kappa shape index (κ2) is 4.88. The molecule has 17 heavy (non-hydrogen) atoms. The van der Waals surface area contributed by atoms with Crippen LogP contribution < -0.4 is 5.73 Å². The summed E-state index contributed by atoms with van der Waals surface area (Å²) in [4.78, 5) is 4.20. The average molecular weight is 289 g/mol. The highest BCUT2D eigenvalue weighted by atomic mass is 35.5. The van der Waals surface area contributed by atoms with Crippen LogP contribution in [0, 0.1) is 13.8 Å². The molecule has 0 saturated heterocycles. The highest BCUT2D eigenvalue weighted by Crippen LogP contribution is 2.34. The fourth-order valence-electron chi connectivity index (χ4n) is 1.51. The van der Waals surface area contributed by atoms with Crippen LogP contribution in [0.5, 0.6) is 0 Å². The minimum atomic E-state index is 0.610. The quantitative estimate of drug-likeness (QED) is 0.882. The van der Waals surface area contributed by atoms with Crippen molar-refractivity contribution in [3.63, 3.8) is 0 Å². The van der Waals surface area contributed by atoms with Gasteiger partial charge in [-0.2, -0.15) is 5.10 Å². The molecule has 0 bridgehead atoms. The number of aryl methyl sites for hydroxylation is 3. The van der Waals surface area contributed by atoms with E-state index < -0.39 is 0 Å². The number of nitrogens with two attached hydrogens (primary N) is 1. The SMILES string of the molecule is Cc1nc(N)sc1SCc1c(C)nn(C)c1Cl. The van der Waals surface area contributed by atoms with Crippen molar-refractivity contribution in [2.24, 2.45) is 7.05 Å². The summed E-state index contributed by atoms with van der Waals surface area (Å²) in [6.07, 6.45) is 0. The second-order valence-corrected chi connectivity index (χ2v) is 6.32. The Bertz CT molecular complexity index is 547. The molecule has 0 unspecified atom stereocenters. The Morgan fingerprint density at radius 2 is 2.12 bits per heavy atom. The van der Waals surface area contributed by atoms with Gasteiger partial charge in [0.05, 0.1) is 15.6 Å². The second-order valence-electron chi connectivity index (χ2n) is 3.69. The first kappa shape index (κ1) is 12.7. The van der Waals surface area contributed by atoms with Gasteiger partial charge in [0.2, 0.25) is 0 Å². The molecule has 0 amide bonds. The number of thiazole rings is 1. The molecule has 7 heteroatoms. The Hall–Kier alpha value is -0.720. The number of thioether (sulfide) groups is 1. The smallest absolute Gasteiger partial charge is 0.181 e. The number of anilines is 1. The average Bonchev–Trinajstić information content (AvgIpc) is 2.67. The zero-order valence-corrected chi connectivity index (χ0v) is 12.2. The fraction of sp³-hybridized carbons (Fsp3) is 0.400. The van der Waals surface area contributed by atoms with Crippen LogP contribution in [0.25, 0.3) is 0 Å². The van der Waals surface area contributed by atoms with E-state index >= 15 is 0 Å². The third kappa shape index (κ3) is 2.59. The number of nitrogens with zero attached hydrogens (tertiary/aromatic N) is 3. The topological polar surface area (TPSA) is 56.7 Å². The van der Waals surface area contributed by atoms with Gasteiger partial charge in [0.25, 0.3) is 0 Å². The molecular weight excluding hydrogens is 276 g/mol. The van der Waals surface area contributed by atoms with Crippen molar-refractivity contribution in [3.8, 4) is 0 Å². The maximum atomic E-state index is 6.18. The molecule has 0 aliphatic heterocycles. The van der Waals surface area contributed by atoms with Gasteiger partial charge in [-0.1, -0.05) is 22.9 Å². The van der Waals surface area contributed by atoms with Crippen molar-refractivity contribution in [1.29, 1.82) is 0 Å². The summed E-state index contributed by atoms with van der Waals surface area (Å²) >= 11 is 9.39. The van der Waals surface area contributed by atoms with E-state index in [0.29, 0.717) is 10.3 Å². The molecular formula is C10H13ClN4S2. The molecule has 0 spiro atoms. The van der Waals surface area contributed by atoms with Gasteiger partial charge in [-0.15, -0.1) is 11.8 Å². The third-order valence-corrected chi connectivity index (χ3v) is 5.24. The molecule has 2 rings (SSSR count). The zero-order chi connectivity index (χ0) is 12.6. The van der Waals surface area contributed by atoms with Crippen LogP contribution in [0.15, 0.2) is 4.21 Å². The Morgan fingerprint density at radius 1 is 1.41 bits per heavy atom. The van der Waals surface area contributed by atoms with E-state index in [-0.39, 0.29) is 0 Å². The highest BCUT2D eigenvalue weighted by Gasteiger charge is 2.13. The van der Waals surface area contributed by atoms with E-state index in [1.165, 1.54) is 11.3 Å². The van der Waals surface area contributed by atoms with E-state index in [2.05, 4.69) is 10.1 Å². The molecule has 0 aliphatic rings. The monoisotopic (exact) mass is 288 g/mol. The molecule has 0 saturated carbocycles. The maximum Gasteiger partial charge on any atom is 0.181 e. The number of hydrogen-bond acceptors (Lipinski definition) is 5. The minimum Gasteiger partial charge on any atom is -0.375 e. The van der Waals surface area contributed by atoms with Crippen molar-refractivity contribution in [2.75, 3.05) is 5.73 Å². The largest absolute Gasteiger partial charge is 0.375 e. The van der Waals surface area contributed by atoms with Crippen LogP contribution in [-0.4, -0.2) is 14.8 Å². The molecule has 0 radical (unpaired) electrons. The first-order chi connectivity index (χ1) is 7.99. The molecule has 2 aromatic heterocycles. The number of hydrogen-bond donors (Lipinski definition) is 1. The van der Waals surface area contributed by atoms with E-state index in [0.717, 1.165) is 26.9 Å². The van der Waals surface area contributed by atoms with Gasteiger partial charge in [0, 0.05) is 18.4 Å². The summed E-state index contributed by atoms with van der Waals surface area (Å²) in [6, 6.07) is 0. The van der Waals surface area contributed by atoms with Crippen molar-refractivity contribution >= 4 is 39.8 Å². The lowest BCUT2D eigenvalue weighted by atomic mass is 10.3. The summed E-state index contributed by atoms with van der Waals surface area (Å²) in [5.74, 6) is 0.793. The first-order valence-corrected chi connectivity index (χ1v) is 7.20. The van der Waals surface area contributed by atoms with Crippen molar-refractivity contribution in [2.45, 2.75) is 23.8 Å². The van der Waals surface area contributed by atoms with Crippen LogP contribution >= 0.6 is 34.7 Å². The number of aromatic nitrogens is 3. The lowest BCUT2D eigenvalue weighted by Crippen LogP contribution is -1.89. The van der Waals surface area contributed by atoms with Gasteiger partial charge in [-0.05, 0) is 13.8 Å². The summed E-state index contributed by atoms with van der Waals surface area (Å²) in [6.45, 7) is 3.93. The lowest BCUT2D eigenvalue weighted by Gasteiger charge is -1.99. The van der Waals surface area contributed by atoms with Crippen molar-refractivity contribution in [3.05, 3.63) is 22.1 Å². The Labute approximate surface area is 113 Å². The summed E-state index contributed by atoms with van der Waals surface area (Å²) < 4.78 is 2.84. The van der Waals surface area contributed by atoms with E-state index in [1.807, 2.05) is 20.9 Å². The van der Waals surface area contributed by atoms with Crippen LogP contribution in [0.3, 0.4) is 0 Å². The van der Waals surface area contributed by atoms with Crippen LogP contribution in [0.2, 0.25) is 5.15 Å². The summed E-state index contributed by atoms with van der Waals surface area (Å²) in [5, 5.41) is 5.59. The molecule has 4 nitrogen and oxygen atoms in total. The molecule has 92 valence electrons. The van der Waals surface area contributed by atoms with Crippen molar-refractivity contribution < 1.29 is 0 Å². The minimum absolute atomic E-state index is 0.610. The molecule has 2 aromatic rings. The van der Waals surface area contributed by atoms with E-state index in [9.17, 15) is 0 Å². The fourth-order valence-corrected chi connectivity index (χ4v) is 3.94. The maximum absolute atomic E-state index is 6.18. The van der Waals surface area contributed by atoms with Crippen LogP contribution in [0.1, 0.15) is 17.0 Å². The molecule has 0 fully saturated rings. The molecule has 2 heterocycles. The van der Waals surface area contributed by atoms with Gasteiger partial charge in [-0.25, -0.2) is 4.98 Å². The summed E-state index contributed by atoms with van der Waals surface area (Å²) in [5.41, 5.74) is 8.69. The molecule has 0 aliphatic carbocycles. The number of rotatable bonds is 3. The third-order valence-electron chi connectivity index (χ3n) is 2.39. The van der Waals surface area contributed by atoms with Crippen molar-refractivity contribution in [1.82, 2.24) is 14.8 Å². The standard InChI is InChI=1S/C10H13ClN4S2/c1-5-7(8(11)15(3)14-5)4-16-9-6(2)13-10(12)17-9/h4H2,1-3H3,(H2,12,13).